The van der Waals surface area contributed by atoms with E-state index in [0.29, 0.717) is 12.5 Å². The molecule has 1 aliphatic heterocycles. The topological polar surface area (TPSA) is 72.8 Å². The molecule has 2 unspecified atom stereocenters. The van der Waals surface area contributed by atoms with E-state index in [4.69, 9.17) is 10.2 Å². The van der Waals surface area contributed by atoms with Gasteiger partial charge in [-0.05, 0) is 25.2 Å². The van der Waals surface area contributed by atoms with Crippen molar-refractivity contribution in [2.75, 3.05) is 32.8 Å². The number of likely N-dealkylation sites (tertiary alicyclic amines) is 1. The summed E-state index contributed by atoms with van der Waals surface area (Å²) >= 11 is 0. The number of rotatable bonds is 6. The van der Waals surface area contributed by atoms with Crippen LogP contribution in [0.15, 0.2) is 0 Å². The van der Waals surface area contributed by atoms with Crippen molar-refractivity contribution in [3.05, 3.63) is 0 Å². The predicted molar refractivity (Wildman–Crippen MR) is 65.6 cm³/mol. The molecule has 2 atom stereocenters. The maximum atomic E-state index is 11.1. The number of carbonyl (C=O) groups is 1. The van der Waals surface area contributed by atoms with Crippen molar-refractivity contribution in [2.24, 2.45) is 5.92 Å². The third kappa shape index (κ3) is 5.48. The minimum atomic E-state index is 0.00163. The van der Waals surface area contributed by atoms with Crippen LogP contribution in [0.1, 0.15) is 26.2 Å². The second kappa shape index (κ2) is 7.63. The van der Waals surface area contributed by atoms with Crippen molar-refractivity contribution in [3.63, 3.8) is 0 Å². The van der Waals surface area contributed by atoms with Gasteiger partial charge in [-0.1, -0.05) is 0 Å². The first-order chi connectivity index (χ1) is 8.15. The van der Waals surface area contributed by atoms with E-state index in [0.717, 1.165) is 32.4 Å². The molecule has 1 heterocycles. The van der Waals surface area contributed by atoms with E-state index in [2.05, 4.69) is 10.2 Å². The Bertz CT molecular complexity index is 236. The largest absolute Gasteiger partial charge is 0.396 e. The molecule has 0 bridgehead atoms. The number of hydrogen-bond donors (Lipinski definition) is 3. The second-order valence-electron chi connectivity index (χ2n) is 4.85. The van der Waals surface area contributed by atoms with Crippen LogP contribution in [-0.4, -0.2) is 59.9 Å². The molecule has 1 rings (SSSR count). The molecule has 0 radical (unpaired) electrons. The number of carbonyl (C=O) groups excluding carboxylic acids is 1. The summed E-state index contributed by atoms with van der Waals surface area (Å²) in [7, 11) is 0. The molecule has 100 valence electrons. The molecule has 0 aliphatic carbocycles. The van der Waals surface area contributed by atoms with Crippen molar-refractivity contribution in [1.29, 1.82) is 0 Å². The lowest BCUT2D eigenvalue weighted by molar-refractivity contribution is -0.120. The fourth-order valence-electron chi connectivity index (χ4n) is 2.61. The summed E-state index contributed by atoms with van der Waals surface area (Å²) in [4.78, 5) is 13.3. The summed E-state index contributed by atoms with van der Waals surface area (Å²) in [5.74, 6) is 0.501. The van der Waals surface area contributed by atoms with Crippen LogP contribution in [0.25, 0.3) is 0 Å². The highest BCUT2D eigenvalue weighted by atomic mass is 16.3. The molecule has 0 aromatic carbocycles. The van der Waals surface area contributed by atoms with E-state index >= 15 is 0 Å². The molecule has 0 aromatic heterocycles. The third-order valence-electron chi connectivity index (χ3n) is 3.21. The van der Waals surface area contributed by atoms with Gasteiger partial charge in [0, 0.05) is 39.2 Å². The Hall–Kier alpha value is -0.650. The van der Waals surface area contributed by atoms with Crippen LogP contribution < -0.4 is 5.32 Å². The fourth-order valence-corrected chi connectivity index (χ4v) is 2.61. The van der Waals surface area contributed by atoms with Gasteiger partial charge < -0.3 is 15.5 Å². The lowest BCUT2D eigenvalue weighted by Crippen LogP contribution is -2.51. The van der Waals surface area contributed by atoms with Gasteiger partial charge in [-0.15, -0.1) is 0 Å². The number of β-amino-alcohol motifs (C(OH)–C–C–N with tert-alkyl or cyclic N) is 1. The summed E-state index contributed by atoms with van der Waals surface area (Å²) in [6.45, 7) is 4.34. The highest BCUT2D eigenvalue weighted by Crippen LogP contribution is 2.21. The molecule has 1 aliphatic rings. The Morgan fingerprint density at radius 3 is 2.71 bits per heavy atom. The molecule has 1 amide bonds. The van der Waals surface area contributed by atoms with Crippen molar-refractivity contribution in [3.8, 4) is 0 Å². The van der Waals surface area contributed by atoms with E-state index in [9.17, 15) is 4.79 Å². The lowest BCUT2D eigenvalue weighted by Gasteiger charge is -2.37. The molecule has 5 heteroatoms. The zero-order valence-electron chi connectivity index (χ0n) is 10.6. The quantitative estimate of drug-likeness (QED) is 0.593. The van der Waals surface area contributed by atoms with Crippen LogP contribution in [0.4, 0.5) is 0 Å². The Labute approximate surface area is 103 Å². The first kappa shape index (κ1) is 14.4. The Morgan fingerprint density at radius 1 is 1.35 bits per heavy atom. The van der Waals surface area contributed by atoms with Gasteiger partial charge in [-0.25, -0.2) is 0 Å². The minimum Gasteiger partial charge on any atom is -0.396 e. The average molecular weight is 244 g/mol. The molecule has 0 aromatic rings. The standard InChI is InChI=1S/C12H24N2O3/c1-10(17)13-12-7-11(3-2-5-15)8-14(9-12)4-6-16/h11-12,15-16H,2-9H2,1H3,(H,13,17). The maximum absolute atomic E-state index is 11.1. The first-order valence-electron chi connectivity index (χ1n) is 6.37. The number of aliphatic hydroxyl groups excluding tert-OH is 2. The number of piperidine rings is 1. The Morgan fingerprint density at radius 2 is 2.12 bits per heavy atom. The fraction of sp³-hybridized carbons (Fsp3) is 0.917. The van der Waals surface area contributed by atoms with E-state index in [-0.39, 0.29) is 25.2 Å². The summed E-state index contributed by atoms with van der Waals surface area (Å²) in [5.41, 5.74) is 0. The molecule has 0 spiro atoms. The Kier molecular flexibility index (Phi) is 6.47. The first-order valence-corrected chi connectivity index (χ1v) is 6.37. The zero-order chi connectivity index (χ0) is 12.7. The minimum absolute atomic E-state index is 0.00163. The van der Waals surface area contributed by atoms with Crippen LogP contribution in [0.2, 0.25) is 0 Å². The summed E-state index contributed by atoms with van der Waals surface area (Å²) in [6, 6.07) is 0.177. The van der Waals surface area contributed by atoms with Crippen LogP contribution in [0.3, 0.4) is 0 Å². The SMILES string of the molecule is CC(=O)NC1CC(CCCO)CN(CCO)C1. The van der Waals surface area contributed by atoms with Crippen molar-refractivity contribution < 1.29 is 15.0 Å². The molecule has 17 heavy (non-hydrogen) atoms. The average Bonchev–Trinajstić information content (AvgIpc) is 2.25. The lowest BCUT2D eigenvalue weighted by atomic mass is 9.90. The second-order valence-corrected chi connectivity index (χ2v) is 4.85. The van der Waals surface area contributed by atoms with Gasteiger partial charge in [0.05, 0.1) is 6.61 Å². The summed E-state index contributed by atoms with van der Waals surface area (Å²) < 4.78 is 0. The number of aliphatic hydroxyl groups is 2. The van der Waals surface area contributed by atoms with E-state index in [1.54, 1.807) is 0 Å². The normalized spacial score (nSPS) is 25.8. The van der Waals surface area contributed by atoms with Gasteiger partial charge in [0.15, 0.2) is 0 Å². The number of hydrogen-bond acceptors (Lipinski definition) is 4. The van der Waals surface area contributed by atoms with Crippen molar-refractivity contribution in [2.45, 2.75) is 32.2 Å². The van der Waals surface area contributed by atoms with Gasteiger partial charge in [0.1, 0.15) is 0 Å². The molecule has 1 saturated heterocycles. The summed E-state index contributed by atoms with van der Waals surface area (Å²) in [5, 5.41) is 20.8. The van der Waals surface area contributed by atoms with Crippen LogP contribution in [-0.2, 0) is 4.79 Å². The molecule has 3 N–H and O–H groups in total. The Balaban J connectivity index is 2.46. The molecule has 5 nitrogen and oxygen atoms in total. The van der Waals surface area contributed by atoms with Crippen molar-refractivity contribution >= 4 is 5.91 Å². The van der Waals surface area contributed by atoms with Crippen LogP contribution >= 0.6 is 0 Å². The predicted octanol–water partition coefficient (Wildman–Crippen LogP) is -0.422. The van der Waals surface area contributed by atoms with Crippen LogP contribution in [0, 0.1) is 5.92 Å². The smallest absolute Gasteiger partial charge is 0.217 e. The van der Waals surface area contributed by atoms with E-state index in [1.807, 2.05) is 0 Å². The molecular formula is C12H24N2O3. The van der Waals surface area contributed by atoms with Gasteiger partial charge in [-0.2, -0.15) is 0 Å². The number of amides is 1. The maximum Gasteiger partial charge on any atom is 0.217 e. The van der Waals surface area contributed by atoms with Gasteiger partial charge in [0.2, 0.25) is 5.91 Å². The molecular weight excluding hydrogens is 220 g/mol. The van der Waals surface area contributed by atoms with Gasteiger partial charge in [-0.3, -0.25) is 9.69 Å². The number of nitrogens with zero attached hydrogens (tertiary/aromatic N) is 1. The number of nitrogens with one attached hydrogen (secondary N) is 1. The molecule has 0 saturated carbocycles. The van der Waals surface area contributed by atoms with E-state index < -0.39 is 0 Å². The highest BCUT2D eigenvalue weighted by molar-refractivity contribution is 5.73. The summed E-state index contributed by atoms with van der Waals surface area (Å²) in [6.07, 6.45) is 2.76. The molecule has 1 fully saturated rings. The monoisotopic (exact) mass is 244 g/mol. The highest BCUT2D eigenvalue weighted by Gasteiger charge is 2.26. The van der Waals surface area contributed by atoms with Crippen LogP contribution in [0.5, 0.6) is 0 Å². The van der Waals surface area contributed by atoms with E-state index in [1.165, 1.54) is 6.92 Å². The third-order valence-corrected chi connectivity index (χ3v) is 3.21. The zero-order valence-corrected chi connectivity index (χ0v) is 10.6. The van der Waals surface area contributed by atoms with Gasteiger partial charge >= 0.3 is 0 Å². The van der Waals surface area contributed by atoms with Crippen molar-refractivity contribution in [1.82, 2.24) is 10.2 Å². The van der Waals surface area contributed by atoms with Gasteiger partial charge in [0.25, 0.3) is 0 Å².